The van der Waals surface area contributed by atoms with E-state index < -0.39 is 0 Å². The standard InChI is InChI=1S/C14H19N3/c1-10-7-12(8-15-3)5-6-13(10)14-9-16-17(4)11(14)2/h5-7,9,15H,8H2,1-4H3. The van der Waals surface area contributed by atoms with Gasteiger partial charge in [0.25, 0.3) is 0 Å². The summed E-state index contributed by atoms with van der Waals surface area (Å²) in [7, 11) is 3.94. The average molecular weight is 229 g/mol. The quantitative estimate of drug-likeness (QED) is 0.876. The van der Waals surface area contributed by atoms with Gasteiger partial charge in [-0.25, -0.2) is 0 Å². The van der Waals surface area contributed by atoms with Crippen LogP contribution in [0, 0.1) is 13.8 Å². The third-order valence-electron chi connectivity index (χ3n) is 3.20. The van der Waals surface area contributed by atoms with Crippen LogP contribution in [0.3, 0.4) is 0 Å². The van der Waals surface area contributed by atoms with E-state index in [0.29, 0.717) is 0 Å². The molecular formula is C14H19N3. The van der Waals surface area contributed by atoms with Gasteiger partial charge in [-0.3, -0.25) is 4.68 Å². The van der Waals surface area contributed by atoms with E-state index in [1.807, 2.05) is 25.0 Å². The highest BCUT2D eigenvalue weighted by Gasteiger charge is 2.09. The van der Waals surface area contributed by atoms with Crippen LogP contribution in [0.5, 0.6) is 0 Å². The molecule has 0 saturated heterocycles. The molecule has 0 saturated carbocycles. The van der Waals surface area contributed by atoms with E-state index in [9.17, 15) is 0 Å². The lowest BCUT2D eigenvalue weighted by Gasteiger charge is -2.08. The van der Waals surface area contributed by atoms with Gasteiger partial charge in [-0.05, 0) is 37.6 Å². The summed E-state index contributed by atoms with van der Waals surface area (Å²) in [6.45, 7) is 5.16. The smallest absolute Gasteiger partial charge is 0.0571 e. The Balaban J connectivity index is 2.43. The van der Waals surface area contributed by atoms with Gasteiger partial charge in [-0.15, -0.1) is 0 Å². The minimum absolute atomic E-state index is 0.910. The van der Waals surface area contributed by atoms with Gasteiger partial charge in [0.05, 0.1) is 6.20 Å². The monoisotopic (exact) mass is 229 g/mol. The number of rotatable bonds is 3. The summed E-state index contributed by atoms with van der Waals surface area (Å²) in [5.74, 6) is 0. The summed E-state index contributed by atoms with van der Waals surface area (Å²) in [4.78, 5) is 0. The van der Waals surface area contributed by atoms with E-state index in [1.54, 1.807) is 0 Å². The molecule has 1 N–H and O–H groups in total. The highest BCUT2D eigenvalue weighted by Crippen LogP contribution is 2.26. The molecule has 1 heterocycles. The zero-order chi connectivity index (χ0) is 12.4. The summed E-state index contributed by atoms with van der Waals surface area (Å²) in [5.41, 5.74) is 6.31. The van der Waals surface area contributed by atoms with E-state index in [1.165, 1.54) is 27.9 Å². The normalized spacial score (nSPS) is 10.8. The number of hydrogen-bond donors (Lipinski definition) is 1. The minimum atomic E-state index is 0.910. The fraction of sp³-hybridized carbons (Fsp3) is 0.357. The lowest BCUT2D eigenvalue weighted by molar-refractivity contribution is 0.740. The van der Waals surface area contributed by atoms with Gasteiger partial charge in [0.15, 0.2) is 0 Å². The maximum absolute atomic E-state index is 4.30. The maximum Gasteiger partial charge on any atom is 0.0571 e. The minimum Gasteiger partial charge on any atom is -0.316 e. The van der Waals surface area contributed by atoms with Crippen LogP contribution in [0.1, 0.15) is 16.8 Å². The van der Waals surface area contributed by atoms with Gasteiger partial charge in [0.1, 0.15) is 0 Å². The zero-order valence-corrected chi connectivity index (χ0v) is 10.9. The number of hydrogen-bond acceptors (Lipinski definition) is 2. The molecule has 0 aliphatic carbocycles. The van der Waals surface area contributed by atoms with Crippen molar-refractivity contribution >= 4 is 0 Å². The number of benzene rings is 1. The first-order chi connectivity index (χ1) is 8.13. The largest absolute Gasteiger partial charge is 0.316 e. The van der Waals surface area contributed by atoms with Crippen LogP contribution in [0.15, 0.2) is 24.4 Å². The van der Waals surface area contributed by atoms with Gasteiger partial charge >= 0.3 is 0 Å². The third kappa shape index (κ3) is 2.24. The molecule has 2 rings (SSSR count). The van der Waals surface area contributed by atoms with Crippen molar-refractivity contribution in [1.29, 1.82) is 0 Å². The molecule has 0 bridgehead atoms. The Morgan fingerprint density at radius 1 is 1.24 bits per heavy atom. The molecule has 3 heteroatoms. The summed E-state index contributed by atoms with van der Waals surface area (Å²) in [5, 5.41) is 7.47. The van der Waals surface area contributed by atoms with Crippen LogP contribution in [0.25, 0.3) is 11.1 Å². The number of aryl methyl sites for hydroxylation is 2. The molecule has 0 fully saturated rings. The van der Waals surface area contributed by atoms with E-state index in [-0.39, 0.29) is 0 Å². The molecule has 0 radical (unpaired) electrons. The Morgan fingerprint density at radius 2 is 2.00 bits per heavy atom. The van der Waals surface area contributed by atoms with E-state index in [2.05, 4.69) is 42.5 Å². The Labute approximate surface area is 102 Å². The predicted octanol–water partition coefficient (Wildman–Crippen LogP) is 2.42. The van der Waals surface area contributed by atoms with Gasteiger partial charge < -0.3 is 5.32 Å². The van der Waals surface area contributed by atoms with Gasteiger partial charge in [0.2, 0.25) is 0 Å². The highest BCUT2D eigenvalue weighted by molar-refractivity contribution is 5.69. The van der Waals surface area contributed by atoms with Crippen molar-refractivity contribution in [2.24, 2.45) is 7.05 Å². The molecule has 0 aliphatic rings. The Morgan fingerprint density at radius 3 is 2.53 bits per heavy atom. The van der Waals surface area contributed by atoms with Crippen molar-refractivity contribution in [1.82, 2.24) is 15.1 Å². The maximum atomic E-state index is 4.30. The Kier molecular flexibility index (Phi) is 3.29. The molecular weight excluding hydrogens is 210 g/mol. The van der Waals surface area contributed by atoms with Crippen LogP contribution in [-0.2, 0) is 13.6 Å². The number of nitrogens with zero attached hydrogens (tertiary/aromatic N) is 2. The molecule has 3 nitrogen and oxygen atoms in total. The van der Waals surface area contributed by atoms with Crippen LogP contribution in [0.4, 0.5) is 0 Å². The second-order valence-corrected chi connectivity index (χ2v) is 4.45. The topological polar surface area (TPSA) is 29.9 Å². The first-order valence-corrected chi connectivity index (χ1v) is 5.86. The first kappa shape index (κ1) is 11.9. The second kappa shape index (κ2) is 4.72. The highest BCUT2D eigenvalue weighted by atomic mass is 15.3. The van der Waals surface area contributed by atoms with Crippen LogP contribution < -0.4 is 5.32 Å². The molecule has 0 atom stereocenters. The zero-order valence-electron chi connectivity index (χ0n) is 10.9. The number of aromatic nitrogens is 2. The van der Waals surface area contributed by atoms with E-state index in [4.69, 9.17) is 0 Å². The van der Waals surface area contributed by atoms with Crippen LogP contribution in [0.2, 0.25) is 0 Å². The Hall–Kier alpha value is -1.61. The fourth-order valence-electron chi connectivity index (χ4n) is 2.11. The van der Waals surface area contributed by atoms with Crippen LogP contribution in [-0.4, -0.2) is 16.8 Å². The lowest BCUT2D eigenvalue weighted by Crippen LogP contribution is -2.05. The molecule has 17 heavy (non-hydrogen) atoms. The summed E-state index contributed by atoms with van der Waals surface area (Å²) in [6.07, 6.45) is 1.94. The van der Waals surface area contributed by atoms with E-state index in [0.717, 1.165) is 6.54 Å². The third-order valence-corrected chi connectivity index (χ3v) is 3.20. The van der Waals surface area contributed by atoms with Crippen molar-refractivity contribution in [3.63, 3.8) is 0 Å². The van der Waals surface area contributed by atoms with Crippen molar-refractivity contribution in [3.8, 4) is 11.1 Å². The van der Waals surface area contributed by atoms with Gasteiger partial charge in [-0.1, -0.05) is 18.2 Å². The van der Waals surface area contributed by atoms with Gasteiger partial charge in [0, 0.05) is 24.8 Å². The average Bonchev–Trinajstić information content (AvgIpc) is 2.61. The van der Waals surface area contributed by atoms with Gasteiger partial charge in [-0.2, -0.15) is 5.10 Å². The molecule has 0 aliphatic heterocycles. The second-order valence-electron chi connectivity index (χ2n) is 4.45. The molecule has 90 valence electrons. The molecule has 1 aromatic carbocycles. The van der Waals surface area contributed by atoms with Crippen molar-refractivity contribution in [3.05, 3.63) is 41.2 Å². The summed E-state index contributed by atoms with van der Waals surface area (Å²) in [6, 6.07) is 6.59. The van der Waals surface area contributed by atoms with E-state index >= 15 is 0 Å². The molecule has 2 aromatic rings. The number of nitrogens with one attached hydrogen (secondary N) is 1. The van der Waals surface area contributed by atoms with Crippen molar-refractivity contribution in [2.45, 2.75) is 20.4 Å². The van der Waals surface area contributed by atoms with Crippen molar-refractivity contribution in [2.75, 3.05) is 7.05 Å². The van der Waals surface area contributed by atoms with Crippen molar-refractivity contribution < 1.29 is 0 Å². The fourth-order valence-corrected chi connectivity index (χ4v) is 2.11. The molecule has 0 amide bonds. The molecule has 1 aromatic heterocycles. The summed E-state index contributed by atoms with van der Waals surface area (Å²) >= 11 is 0. The predicted molar refractivity (Wildman–Crippen MR) is 70.9 cm³/mol. The van der Waals surface area contributed by atoms with Crippen LogP contribution >= 0.6 is 0 Å². The SMILES string of the molecule is CNCc1ccc(-c2cnn(C)c2C)c(C)c1. The Bertz CT molecular complexity index is 526. The molecule has 0 spiro atoms. The summed E-state index contributed by atoms with van der Waals surface area (Å²) < 4.78 is 1.91. The first-order valence-electron chi connectivity index (χ1n) is 5.86. The molecule has 0 unspecified atom stereocenters. The lowest BCUT2D eigenvalue weighted by atomic mass is 9.99.